The number of aromatic nitrogens is 1. The van der Waals surface area contributed by atoms with Gasteiger partial charge in [0.1, 0.15) is 5.75 Å². The van der Waals surface area contributed by atoms with Crippen molar-refractivity contribution in [2.45, 2.75) is 44.9 Å². The molecule has 2 aromatic carbocycles. The molecule has 0 N–H and O–H groups in total. The van der Waals surface area contributed by atoms with Crippen LogP contribution in [-0.4, -0.2) is 12.1 Å². The molecule has 0 aliphatic rings. The highest BCUT2D eigenvalue weighted by molar-refractivity contribution is 6.30. The van der Waals surface area contributed by atoms with E-state index in [0.29, 0.717) is 5.92 Å². The van der Waals surface area contributed by atoms with Gasteiger partial charge in [-0.05, 0) is 79.1 Å². The number of benzene rings is 2. The van der Waals surface area contributed by atoms with E-state index in [4.69, 9.17) is 16.3 Å². The lowest BCUT2D eigenvalue weighted by molar-refractivity contribution is 0.415. The number of methoxy groups -OCH3 is 1. The largest absolute Gasteiger partial charge is 0.497 e. The van der Waals surface area contributed by atoms with Gasteiger partial charge in [-0.25, -0.2) is 0 Å². The Kier molecular flexibility index (Phi) is 6.51. The Morgan fingerprint density at radius 1 is 1.08 bits per heavy atom. The molecule has 0 unspecified atom stereocenters. The summed E-state index contributed by atoms with van der Waals surface area (Å²) in [6.07, 6.45) is 7.66. The summed E-state index contributed by atoms with van der Waals surface area (Å²) in [5.74, 6) is 1.45. The first-order valence-corrected chi connectivity index (χ1v) is 9.76. The van der Waals surface area contributed by atoms with Crippen molar-refractivity contribution in [1.29, 1.82) is 0 Å². The summed E-state index contributed by atoms with van der Waals surface area (Å²) in [6, 6.07) is 16.6. The lowest BCUT2D eigenvalue weighted by Gasteiger charge is -2.17. The topological polar surface area (TPSA) is 22.1 Å². The zero-order chi connectivity index (χ0) is 18.4. The molecular weight excluding hydrogens is 342 g/mol. The molecule has 0 spiro atoms. The Morgan fingerprint density at radius 2 is 1.96 bits per heavy atom. The second-order valence-electron chi connectivity index (χ2n) is 6.79. The number of ether oxygens (including phenoxy) is 1. The summed E-state index contributed by atoms with van der Waals surface area (Å²) in [6.45, 7) is 2.25. The average Bonchev–Trinajstić information content (AvgIpc) is 2.67. The molecule has 3 rings (SSSR count). The van der Waals surface area contributed by atoms with Crippen molar-refractivity contribution in [2.24, 2.45) is 0 Å². The normalized spacial score (nSPS) is 12.3. The third-order valence-electron chi connectivity index (χ3n) is 4.99. The van der Waals surface area contributed by atoms with Crippen molar-refractivity contribution in [1.82, 2.24) is 4.98 Å². The van der Waals surface area contributed by atoms with Crippen molar-refractivity contribution in [3.05, 3.63) is 70.9 Å². The number of nitrogens with zero attached hydrogens (tertiary/aromatic N) is 1. The van der Waals surface area contributed by atoms with Gasteiger partial charge in [0.2, 0.25) is 0 Å². The van der Waals surface area contributed by atoms with E-state index >= 15 is 0 Å². The van der Waals surface area contributed by atoms with Crippen LogP contribution in [0.15, 0.2) is 54.7 Å². The average molecular weight is 368 g/mol. The van der Waals surface area contributed by atoms with Crippen molar-refractivity contribution in [3.63, 3.8) is 0 Å². The Hall–Kier alpha value is -2.06. The van der Waals surface area contributed by atoms with Crippen LogP contribution in [0.4, 0.5) is 0 Å². The van der Waals surface area contributed by atoms with Gasteiger partial charge in [-0.1, -0.05) is 37.1 Å². The number of rotatable bonds is 8. The highest BCUT2D eigenvalue weighted by Crippen LogP contribution is 2.30. The van der Waals surface area contributed by atoms with Crippen molar-refractivity contribution < 1.29 is 4.74 Å². The maximum absolute atomic E-state index is 6.19. The van der Waals surface area contributed by atoms with Gasteiger partial charge in [0, 0.05) is 16.6 Å². The molecule has 1 heterocycles. The van der Waals surface area contributed by atoms with E-state index in [2.05, 4.69) is 42.2 Å². The first-order chi connectivity index (χ1) is 12.7. The fraction of sp³-hybridized carbons (Fsp3) is 0.348. The number of hydrogen-bond acceptors (Lipinski definition) is 2. The van der Waals surface area contributed by atoms with E-state index in [9.17, 15) is 0 Å². The molecular formula is C23H26ClNO. The second kappa shape index (κ2) is 9.05. The highest BCUT2D eigenvalue weighted by atomic mass is 35.5. The lowest BCUT2D eigenvalue weighted by Crippen LogP contribution is -2.00. The molecule has 0 saturated carbocycles. The van der Waals surface area contributed by atoms with Gasteiger partial charge in [0.05, 0.1) is 12.6 Å². The SMILES string of the molecule is CCC[C@H](CCCc1ccnc2ccc(OC)cc12)c1cccc(Cl)c1. The second-order valence-corrected chi connectivity index (χ2v) is 7.22. The molecule has 0 bridgehead atoms. The van der Waals surface area contributed by atoms with Gasteiger partial charge in [0.15, 0.2) is 0 Å². The van der Waals surface area contributed by atoms with Gasteiger partial charge in [0.25, 0.3) is 0 Å². The van der Waals surface area contributed by atoms with Gasteiger partial charge < -0.3 is 4.74 Å². The third kappa shape index (κ3) is 4.56. The summed E-state index contributed by atoms with van der Waals surface area (Å²) in [5.41, 5.74) is 3.74. The first-order valence-electron chi connectivity index (χ1n) is 9.38. The lowest BCUT2D eigenvalue weighted by atomic mass is 9.89. The number of fused-ring (bicyclic) bond motifs is 1. The standard InChI is InChI=1S/C23H26ClNO/c1-3-6-17(19-9-5-10-20(24)15-19)7-4-8-18-13-14-25-23-12-11-21(26-2)16-22(18)23/h5,9-17H,3-4,6-8H2,1-2H3/t17-/m1/s1. The number of hydrogen-bond donors (Lipinski definition) is 0. The van der Waals surface area contributed by atoms with E-state index in [1.54, 1.807) is 7.11 Å². The van der Waals surface area contributed by atoms with Crippen molar-refractivity contribution in [3.8, 4) is 5.75 Å². The highest BCUT2D eigenvalue weighted by Gasteiger charge is 2.12. The van der Waals surface area contributed by atoms with Gasteiger partial charge >= 0.3 is 0 Å². The summed E-state index contributed by atoms with van der Waals surface area (Å²) < 4.78 is 5.38. The van der Waals surface area contributed by atoms with Crippen LogP contribution >= 0.6 is 11.6 Å². The van der Waals surface area contributed by atoms with Crippen LogP contribution in [0.3, 0.4) is 0 Å². The van der Waals surface area contributed by atoms with Crippen LogP contribution in [0.1, 0.15) is 49.7 Å². The van der Waals surface area contributed by atoms with Gasteiger partial charge in [-0.3, -0.25) is 4.98 Å². The molecule has 0 aliphatic heterocycles. The molecule has 0 fully saturated rings. The molecule has 136 valence electrons. The summed E-state index contributed by atoms with van der Waals surface area (Å²) >= 11 is 6.19. The predicted molar refractivity (Wildman–Crippen MR) is 110 cm³/mol. The Morgan fingerprint density at radius 3 is 2.73 bits per heavy atom. The summed E-state index contributed by atoms with van der Waals surface area (Å²) in [4.78, 5) is 4.48. The molecule has 3 aromatic rings. The fourth-order valence-corrected chi connectivity index (χ4v) is 3.85. The van der Waals surface area contributed by atoms with E-state index in [-0.39, 0.29) is 0 Å². The molecule has 0 saturated heterocycles. The van der Waals surface area contributed by atoms with Crippen LogP contribution in [0.25, 0.3) is 10.9 Å². The fourth-order valence-electron chi connectivity index (χ4n) is 3.65. The maximum Gasteiger partial charge on any atom is 0.119 e. The Labute approximate surface area is 161 Å². The first kappa shape index (κ1) is 18.7. The predicted octanol–water partition coefficient (Wildman–Crippen LogP) is 6.80. The number of halogens is 1. The minimum Gasteiger partial charge on any atom is -0.497 e. The molecule has 1 atom stereocenters. The molecule has 2 nitrogen and oxygen atoms in total. The minimum absolute atomic E-state index is 0.571. The van der Waals surface area contributed by atoms with E-state index in [0.717, 1.165) is 29.1 Å². The summed E-state index contributed by atoms with van der Waals surface area (Å²) in [5, 5.41) is 2.03. The van der Waals surface area contributed by atoms with Crippen molar-refractivity contribution in [2.75, 3.05) is 7.11 Å². The zero-order valence-corrected chi connectivity index (χ0v) is 16.3. The van der Waals surface area contributed by atoms with E-state index < -0.39 is 0 Å². The van der Waals surface area contributed by atoms with Crippen molar-refractivity contribution >= 4 is 22.5 Å². The van der Waals surface area contributed by atoms with Crippen LogP contribution in [0.5, 0.6) is 5.75 Å². The quantitative estimate of drug-likeness (QED) is 0.436. The monoisotopic (exact) mass is 367 g/mol. The van der Waals surface area contributed by atoms with Gasteiger partial charge in [-0.15, -0.1) is 0 Å². The van der Waals surface area contributed by atoms with Crippen LogP contribution < -0.4 is 4.74 Å². The van der Waals surface area contributed by atoms with Gasteiger partial charge in [-0.2, -0.15) is 0 Å². The molecule has 0 amide bonds. The third-order valence-corrected chi connectivity index (χ3v) is 5.23. The summed E-state index contributed by atoms with van der Waals surface area (Å²) in [7, 11) is 1.71. The molecule has 1 aromatic heterocycles. The molecule has 0 radical (unpaired) electrons. The smallest absolute Gasteiger partial charge is 0.119 e. The molecule has 26 heavy (non-hydrogen) atoms. The van der Waals surface area contributed by atoms with E-state index in [1.807, 2.05) is 24.4 Å². The molecule has 0 aliphatic carbocycles. The van der Waals surface area contributed by atoms with Crippen LogP contribution in [0.2, 0.25) is 5.02 Å². The maximum atomic E-state index is 6.19. The molecule has 3 heteroatoms. The van der Waals surface area contributed by atoms with Crippen LogP contribution in [-0.2, 0) is 6.42 Å². The number of pyridine rings is 1. The zero-order valence-electron chi connectivity index (χ0n) is 15.5. The van der Waals surface area contributed by atoms with Crippen LogP contribution in [0, 0.1) is 0 Å². The minimum atomic E-state index is 0.571. The Bertz CT molecular complexity index is 862. The van der Waals surface area contributed by atoms with E-state index in [1.165, 1.54) is 35.8 Å². The number of aryl methyl sites for hydroxylation is 1. The Balaban J connectivity index is 1.72.